The van der Waals surface area contributed by atoms with E-state index in [1.165, 1.54) is 4.90 Å². The molecule has 0 aromatic heterocycles. The molecule has 0 saturated heterocycles. The molecule has 3 amide bonds. The smallest absolute Gasteiger partial charge is 0.265 e. The topological polar surface area (TPSA) is 114 Å². The summed E-state index contributed by atoms with van der Waals surface area (Å²) < 4.78 is 5.68. The first-order valence-electron chi connectivity index (χ1n) is 11.0. The van der Waals surface area contributed by atoms with Gasteiger partial charge in [-0.05, 0) is 35.9 Å². The molecule has 174 valence electrons. The van der Waals surface area contributed by atoms with E-state index < -0.39 is 6.04 Å². The predicted octanol–water partition coefficient (Wildman–Crippen LogP) is 2.35. The van der Waals surface area contributed by atoms with E-state index in [9.17, 15) is 14.4 Å². The third-order valence-corrected chi connectivity index (χ3v) is 5.47. The van der Waals surface area contributed by atoms with Crippen molar-refractivity contribution in [2.24, 2.45) is 5.73 Å². The van der Waals surface area contributed by atoms with Crippen molar-refractivity contribution in [1.29, 1.82) is 0 Å². The first-order valence-corrected chi connectivity index (χ1v) is 11.0. The van der Waals surface area contributed by atoms with E-state index in [4.69, 9.17) is 10.5 Å². The number of carbonyl (C=O) groups is 3. The lowest BCUT2D eigenvalue weighted by Gasteiger charge is -2.36. The standard InChI is InChI=1S/C26H26N4O4/c27-13-14-28-25(32)19-11-12-22-21(16-19)29-26(33)23(15-18-7-3-1-4-8-18)30(22)24(31)17-34-20-9-5-2-6-10-20/h1-12,16,23H,13-15,17,27H2,(H,28,32)(H,29,33). The van der Waals surface area contributed by atoms with Crippen LogP contribution in [0.25, 0.3) is 0 Å². The van der Waals surface area contributed by atoms with Crippen LogP contribution in [0, 0.1) is 0 Å². The summed E-state index contributed by atoms with van der Waals surface area (Å²) >= 11 is 0. The Morgan fingerprint density at radius 1 is 1.00 bits per heavy atom. The third kappa shape index (κ3) is 5.24. The van der Waals surface area contributed by atoms with E-state index in [-0.39, 0.29) is 24.3 Å². The number of nitrogens with one attached hydrogen (secondary N) is 2. The Hall–Kier alpha value is -4.17. The molecule has 3 aromatic carbocycles. The van der Waals surface area contributed by atoms with Gasteiger partial charge in [0.1, 0.15) is 11.8 Å². The van der Waals surface area contributed by atoms with E-state index in [2.05, 4.69) is 10.6 Å². The predicted molar refractivity (Wildman–Crippen MR) is 130 cm³/mol. The molecule has 8 nitrogen and oxygen atoms in total. The summed E-state index contributed by atoms with van der Waals surface area (Å²) in [4.78, 5) is 40.3. The molecule has 0 saturated carbocycles. The number of fused-ring (bicyclic) bond motifs is 1. The molecule has 1 unspecified atom stereocenters. The van der Waals surface area contributed by atoms with Crippen LogP contribution in [0.5, 0.6) is 5.75 Å². The molecule has 0 radical (unpaired) electrons. The minimum Gasteiger partial charge on any atom is -0.484 e. The quantitative estimate of drug-likeness (QED) is 0.480. The summed E-state index contributed by atoms with van der Waals surface area (Å²) in [5.41, 5.74) is 7.64. The fraction of sp³-hybridized carbons (Fsp3) is 0.192. The number of hydrogen-bond donors (Lipinski definition) is 3. The summed E-state index contributed by atoms with van der Waals surface area (Å²) in [6, 6.07) is 22.6. The normalized spacial score (nSPS) is 14.7. The number of hydrogen-bond acceptors (Lipinski definition) is 5. The van der Waals surface area contributed by atoms with Crippen LogP contribution in [0.2, 0.25) is 0 Å². The van der Waals surface area contributed by atoms with Gasteiger partial charge in [-0.3, -0.25) is 19.3 Å². The zero-order valence-electron chi connectivity index (χ0n) is 18.6. The lowest BCUT2D eigenvalue weighted by Crippen LogP contribution is -2.53. The fourth-order valence-electron chi connectivity index (χ4n) is 3.84. The number of nitrogens with zero attached hydrogens (tertiary/aromatic N) is 1. The Bertz CT molecular complexity index is 1170. The largest absolute Gasteiger partial charge is 0.484 e. The minimum absolute atomic E-state index is 0.235. The third-order valence-electron chi connectivity index (χ3n) is 5.47. The highest BCUT2D eigenvalue weighted by Crippen LogP contribution is 2.34. The first-order chi connectivity index (χ1) is 16.6. The maximum atomic E-state index is 13.4. The number of para-hydroxylation sites is 1. The molecular weight excluding hydrogens is 432 g/mol. The first kappa shape index (κ1) is 23.0. The van der Waals surface area contributed by atoms with Crippen molar-refractivity contribution in [1.82, 2.24) is 5.32 Å². The number of rotatable bonds is 8. The van der Waals surface area contributed by atoms with Gasteiger partial charge in [-0.2, -0.15) is 0 Å². The van der Waals surface area contributed by atoms with Crippen molar-refractivity contribution in [2.45, 2.75) is 12.5 Å². The molecule has 1 heterocycles. The van der Waals surface area contributed by atoms with Crippen molar-refractivity contribution in [3.05, 3.63) is 90.0 Å². The molecule has 8 heteroatoms. The van der Waals surface area contributed by atoms with Crippen molar-refractivity contribution in [2.75, 3.05) is 29.9 Å². The molecular formula is C26H26N4O4. The Labute approximate surface area is 197 Å². The maximum absolute atomic E-state index is 13.4. The Morgan fingerprint density at radius 2 is 1.71 bits per heavy atom. The van der Waals surface area contributed by atoms with Gasteiger partial charge in [0.2, 0.25) is 5.91 Å². The van der Waals surface area contributed by atoms with Gasteiger partial charge in [-0.25, -0.2) is 0 Å². The SMILES string of the molecule is NCCNC(=O)c1ccc2c(c1)NC(=O)C(Cc1ccccc1)N2C(=O)COc1ccccc1. The Morgan fingerprint density at radius 3 is 2.41 bits per heavy atom. The van der Waals surface area contributed by atoms with E-state index in [1.807, 2.05) is 48.5 Å². The van der Waals surface area contributed by atoms with Crippen LogP contribution in [0.3, 0.4) is 0 Å². The zero-order chi connectivity index (χ0) is 23.9. The van der Waals surface area contributed by atoms with Crippen LogP contribution in [-0.2, 0) is 16.0 Å². The molecule has 34 heavy (non-hydrogen) atoms. The fourth-order valence-corrected chi connectivity index (χ4v) is 3.84. The van der Waals surface area contributed by atoms with Gasteiger partial charge < -0.3 is 21.1 Å². The van der Waals surface area contributed by atoms with Crippen LogP contribution in [0.15, 0.2) is 78.9 Å². The highest BCUT2D eigenvalue weighted by atomic mass is 16.5. The zero-order valence-corrected chi connectivity index (χ0v) is 18.6. The van der Waals surface area contributed by atoms with Gasteiger partial charge in [-0.1, -0.05) is 48.5 Å². The van der Waals surface area contributed by atoms with E-state index in [0.717, 1.165) is 5.56 Å². The van der Waals surface area contributed by atoms with Gasteiger partial charge in [0.05, 0.1) is 11.4 Å². The number of benzene rings is 3. The van der Waals surface area contributed by atoms with Crippen LogP contribution in [0.4, 0.5) is 11.4 Å². The second-order valence-electron chi connectivity index (χ2n) is 7.84. The minimum atomic E-state index is -0.765. The molecule has 4 rings (SSSR count). The van der Waals surface area contributed by atoms with Gasteiger partial charge in [0, 0.05) is 25.1 Å². The van der Waals surface area contributed by atoms with Gasteiger partial charge >= 0.3 is 0 Å². The van der Waals surface area contributed by atoms with E-state index in [1.54, 1.807) is 30.3 Å². The van der Waals surface area contributed by atoms with Crippen LogP contribution >= 0.6 is 0 Å². The summed E-state index contributed by atoms with van der Waals surface area (Å²) in [6.45, 7) is 0.419. The number of carbonyl (C=O) groups excluding carboxylic acids is 3. The van der Waals surface area contributed by atoms with Crippen molar-refractivity contribution < 1.29 is 19.1 Å². The van der Waals surface area contributed by atoms with E-state index >= 15 is 0 Å². The Balaban J connectivity index is 1.64. The van der Waals surface area contributed by atoms with Crippen molar-refractivity contribution >= 4 is 29.1 Å². The molecule has 4 N–H and O–H groups in total. The lowest BCUT2D eigenvalue weighted by molar-refractivity contribution is -0.125. The average Bonchev–Trinajstić information content (AvgIpc) is 2.87. The summed E-state index contributed by atoms with van der Waals surface area (Å²) in [5, 5.41) is 5.57. The van der Waals surface area contributed by atoms with Crippen molar-refractivity contribution in [3.63, 3.8) is 0 Å². The van der Waals surface area contributed by atoms with Crippen molar-refractivity contribution in [3.8, 4) is 5.75 Å². The summed E-state index contributed by atoms with van der Waals surface area (Å²) in [5.74, 6) is -0.437. The van der Waals surface area contributed by atoms with Gasteiger partial charge in [-0.15, -0.1) is 0 Å². The summed E-state index contributed by atoms with van der Waals surface area (Å²) in [7, 11) is 0. The molecule has 0 aliphatic carbocycles. The number of ether oxygens (including phenoxy) is 1. The molecule has 3 aromatic rings. The Kier molecular flexibility index (Phi) is 7.19. The molecule has 1 aliphatic rings. The van der Waals surface area contributed by atoms with Gasteiger partial charge in [0.25, 0.3) is 11.8 Å². The molecule has 0 spiro atoms. The van der Waals surface area contributed by atoms with Crippen LogP contribution in [0.1, 0.15) is 15.9 Å². The molecule has 1 aliphatic heterocycles. The number of nitrogens with two attached hydrogens (primary N) is 1. The van der Waals surface area contributed by atoms with Crippen LogP contribution in [-0.4, -0.2) is 43.5 Å². The second kappa shape index (κ2) is 10.6. The summed E-state index contributed by atoms with van der Waals surface area (Å²) in [6.07, 6.45) is 0.335. The highest BCUT2D eigenvalue weighted by molar-refractivity contribution is 6.13. The molecule has 0 bridgehead atoms. The lowest BCUT2D eigenvalue weighted by atomic mass is 9.99. The van der Waals surface area contributed by atoms with Gasteiger partial charge in [0.15, 0.2) is 6.61 Å². The molecule has 1 atom stereocenters. The average molecular weight is 459 g/mol. The number of amides is 3. The second-order valence-corrected chi connectivity index (χ2v) is 7.84. The van der Waals surface area contributed by atoms with Crippen LogP contribution < -0.4 is 26.0 Å². The number of anilines is 2. The van der Waals surface area contributed by atoms with E-state index in [0.29, 0.717) is 42.2 Å². The maximum Gasteiger partial charge on any atom is 0.265 e. The molecule has 0 fully saturated rings. The highest BCUT2D eigenvalue weighted by Gasteiger charge is 2.37. The monoisotopic (exact) mass is 458 g/mol.